The fraction of sp³-hybridized carbons (Fsp3) is 0.720. The minimum absolute atomic E-state index is 0.0221. The Labute approximate surface area is 186 Å². The SMILES string of the molecule is CC(=O)NC(C)(C)/C=C/n1ncc(C(=O)NC2C3CC4CC(C3)CC2C4)c1CC(C)C. The Morgan fingerprint density at radius 2 is 1.77 bits per heavy atom. The Morgan fingerprint density at radius 1 is 1.16 bits per heavy atom. The highest BCUT2D eigenvalue weighted by Crippen LogP contribution is 2.53. The molecular formula is C25H38N4O2. The smallest absolute Gasteiger partial charge is 0.255 e. The molecule has 4 fully saturated rings. The van der Waals surface area contributed by atoms with Crippen LogP contribution in [0.25, 0.3) is 6.20 Å². The van der Waals surface area contributed by atoms with E-state index in [9.17, 15) is 9.59 Å². The molecule has 0 saturated heterocycles. The first-order chi connectivity index (χ1) is 14.6. The van der Waals surface area contributed by atoms with E-state index in [2.05, 4.69) is 29.6 Å². The largest absolute Gasteiger partial charge is 0.349 e. The number of carbonyl (C=O) groups excluding carboxylic acids is 2. The summed E-state index contributed by atoms with van der Waals surface area (Å²) in [4.78, 5) is 24.8. The van der Waals surface area contributed by atoms with Crippen LogP contribution in [0.15, 0.2) is 12.3 Å². The van der Waals surface area contributed by atoms with E-state index in [1.807, 2.05) is 26.1 Å². The van der Waals surface area contributed by atoms with Crippen LogP contribution in [0.3, 0.4) is 0 Å². The van der Waals surface area contributed by atoms with E-state index in [0.29, 0.717) is 29.4 Å². The van der Waals surface area contributed by atoms with Gasteiger partial charge in [-0.05, 0) is 88.0 Å². The van der Waals surface area contributed by atoms with Gasteiger partial charge in [0.15, 0.2) is 0 Å². The lowest BCUT2D eigenvalue weighted by Crippen LogP contribution is -2.55. The van der Waals surface area contributed by atoms with Crippen LogP contribution in [0, 0.1) is 29.6 Å². The molecule has 2 N–H and O–H groups in total. The van der Waals surface area contributed by atoms with E-state index in [1.165, 1.54) is 39.0 Å². The highest BCUT2D eigenvalue weighted by Gasteiger charge is 2.48. The van der Waals surface area contributed by atoms with Gasteiger partial charge < -0.3 is 10.6 Å². The monoisotopic (exact) mass is 426 g/mol. The predicted octanol–water partition coefficient (Wildman–Crippen LogP) is 4.02. The van der Waals surface area contributed by atoms with Gasteiger partial charge in [0.25, 0.3) is 5.91 Å². The summed E-state index contributed by atoms with van der Waals surface area (Å²) in [6.45, 7) is 9.71. The van der Waals surface area contributed by atoms with Crippen molar-refractivity contribution in [1.29, 1.82) is 0 Å². The van der Waals surface area contributed by atoms with Gasteiger partial charge in [0.05, 0.1) is 23.0 Å². The molecule has 6 nitrogen and oxygen atoms in total. The molecule has 0 aromatic carbocycles. The standard InChI is InChI=1S/C25H38N4O2/c1-15(2)8-22-21(14-26-29(22)7-6-25(4,5)28-16(3)30)24(31)27-23-19-10-17-9-18(12-19)13-20(23)11-17/h6-7,14-15,17-20,23H,8-13H2,1-5H3,(H,27,31)(H,28,30)/b7-6+. The minimum Gasteiger partial charge on any atom is -0.349 e. The molecule has 0 aliphatic heterocycles. The molecule has 1 aromatic rings. The highest BCUT2D eigenvalue weighted by atomic mass is 16.2. The minimum atomic E-state index is -0.490. The third-order valence-electron chi connectivity index (χ3n) is 7.40. The third kappa shape index (κ3) is 4.88. The molecule has 0 atom stereocenters. The predicted molar refractivity (Wildman–Crippen MR) is 122 cm³/mol. The summed E-state index contributed by atoms with van der Waals surface area (Å²) < 4.78 is 1.80. The van der Waals surface area contributed by atoms with Crippen LogP contribution < -0.4 is 10.6 Å². The molecule has 1 aromatic heterocycles. The maximum atomic E-state index is 13.4. The number of hydrogen-bond acceptors (Lipinski definition) is 3. The molecule has 1 heterocycles. The molecule has 6 heteroatoms. The van der Waals surface area contributed by atoms with Crippen molar-refractivity contribution < 1.29 is 9.59 Å². The van der Waals surface area contributed by atoms with E-state index < -0.39 is 5.54 Å². The maximum Gasteiger partial charge on any atom is 0.255 e. The van der Waals surface area contributed by atoms with E-state index >= 15 is 0 Å². The normalized spacial score (nSPS) is 29.7. The lowest BCUT2D eigenvalue weighted by molar-refractivity contribution is -0.120. The van der Waals surface area contributed by atoms with E-state index in [1.54, 1.807) is 10.9 Å². The van der Waals surface area contributed by atoms with Crippen LogP contribution in [0.1, 0.15) is 82.8 Å². The van der Waals surface area contributed by atoms with Gasteiger partial charge in [0.2, 0.25) is 5.91 Å². The first-order valence-corrected chi connectivity index (χ1v) is 12.0. The van der Waals surface area contributed by atoms with Gasteiger partial charge in [-0.15, -0.1) is 0 Å². The van der Waals surface area contributed by atoms with Crippen molar-refractivity contribution in [3.05, 3.63) is 23.5 Å². The molecule has 5 rings (SSSR count). The Bertz CT molecular complexity index is 839. The van der Waals surface area contributed by atoms with Crippen molar-refractivity contribution in [3.63, 3.8) is 0 Å². The topological polar surface area (TPSA) is 76.0 Å². The van der Waals surface area contributed by atoms with Crippen LogP contribution in [0.5, 0.6) is 0 Å². The van der Waals surface area contributed by atoms with Crippen molar-refractivity contribution in [2.24, 2.45) is 29.6 Å². The Kier molecular flexibility index (Phi) is 6.01. The third-order valence-corrected chi connectivity index (χ3v) is 7.40. The molecular weight excluding hydrogens is 388 g/mol. The molecule has 4 aliphatic rings. The fourth-order valence-corrected chi connectivity index (χ4v) is 6.44. The van der Waals surface area contributed by atoms with Gasteiger partial charge in [-0.1, -0.05) is 13.8 Å². The van der Waals surface area contributed by atoms with Crippen LogP contribution in [-0.2, 0) is 11.2 Å². The van der Waals surface area contributed by atoms with Gasteiger partial charge in [-0.2, -0.15) is 5.10 Å². The fourth-order valence-electron chi connectivity index (χ4n) is 6.44. The maximum absolute atomic E-state index is 13.4. The number of amides is 2. The average molecular weight is 427 g/mol. The zero-order valence-electron chi connectivity index (χ0n) is 19.6. The van der Waals surface area contributed by atoms with E-state index in [0.717, 1.165) is 24.0 Å². The second-order valence-corrected chi connectivity index (χ2v) is 11.2. The van der Waals surface area contributed by atoms with Crippen LogP contribution in [0.4, 0.5) is 0 Å². The number of carbonyl (C=O) groups is 2. The number of nitrogens with one attached hydrogen (secondary N) is 2. The summed E-state index contributed by atoms with van der Waals surface area (Å²) in [7, 11) is 0. The molecule has 0 unspecified atom stereocenters. The second-order valence-electron chi connectivity index (χ2n) is 11.2. The van der Waals surface area contributed by atoms with Gasteiger partial charge in [0.1, 0.15) is 0 Å². The Morgan fingerprint density at radius 3 is 2.32 bits per heavy atom. The Hall–Kier alpha value is -2.11. The van der Waals surface area contributed by atoms with E-state index in [4.69, 9.17) is 0 Å². The van der Waals surface area contributed by atoms with Crippen LogP contribution in [0.2, 0.25) is 0 Å². The lowest BCUT2D eigenvalue weighted by Gasteiger charge is -2.54. The number of rotatable bonds is 7. The molecule has 31 heavy (non-hydrogen) atoms. The summed E-state index contributed by atoms with van der Waals surface area (Å²) >= 11 is 0. The summed E-state index contributed by atoms with van der Waals surface area (Å²) in [6, 6.07) is 0.324. The molecule has 2 amide bonds. The summed E-state index contributed by atoms with van der Waals surface area (Å²) in [5.41, 5.74) is 1.13. The van der Waals surface area contributed by atoms with Crippen LogP contribution >= 0.6 is 0 Å². The van der Waals surface area contributed by atoms with Crippen molar-refractivity contribution in [1.82, 2.24) is 20.4 Å². The van der Waals surface area contributed by atoms with Crippen molar-refractivity contribution in [2.45, 2.75) is 84.7 Å². The van der Waals surface area contributed by atoms with Gasteiger partial charge in [0, 0.05) is 19.2 Å². The second kappa shape index (κ2) is 8.44. The lowest BCUT2D eigenvalue weighted by atomic mass is 9.54. The first kappa shape index (κ1) is 22.1. The van der Waals surface area contributed by atoms with Gasteiger partial charge in [-0.25, -0.2) is 4.68 Å². The average Bonchev–Trinajstić information content (AvgIpc) is 3.03. The summed E-state index contributed by atoms with van der Waals surface area (Å²) in [5.74, 6) is 3.45. The number of nitrogens with zero attached hydrogens (tertiary/aromatic N) is 2. The number of hydrogen-bond donors (Lipinski definition) is 2. The molecule has 4 saturated carbocycles. The summed E-state index contributed by atoms with van der Waals surface area (Å²) in [6.07, 6.45) is 12.8. The molecule has 0 spiro atoms. The van der Waals surface area contributed by atoms with Crippen molar-refractivity contribution in [2.75, 3.05) is 0 Å². The molecule has 4 bridgehead atoms. The Balaban J connectivity index is 1.52. The van der Waals surface area contributed by atoms with Crippen LogP contribution in [-0.4, -0.2) is 33.2 Å². The van der Waals surface area contributed by atoms with E-state index in [-0.39, 0.29) is 11.8 Å². The molecule has 170 valence electrons. The quantitative estimate of drug-likeness (QED) is 0.691. The summed E-state index contributed by atoms with van der Waals surface area (Å²) in [5, 5.41) is 10.9. The van der Waals surface area contributed by atoms with Gasteiger partial charge >= 0.3 is 0 Å². The van der Waals surface area contributed by atoms with Crippen molar-refractivity contribution in [3.8, 4) is 0 Å². The zero-order chi connectivity index (χ0) is 22.3. The number of aromatic nitrogens is 2. The first-order valence-electron chi connectivity index (χ1n) is 12.0. The van der Waals surface area contributed by atoms with Crippen molar-refractivity contribution >= 4 is 18.0 Å². The van der Waals surface area contributed by atoms with Gasteiger partial charge in [-0.3, -0.25) is 9.59 Å². The molecule has 0 radical (unpaired) electrons. The highest BCUT2D eigenvalue weighted by molar-refractivity contribution is 5.95. The molecule has 4 aliphatic carbocycles. The zero-order valence-corrected chi connectivity index (χ0v) is 19.6.